The van der Waals surface area contributed by atoms with Crippen molar-refractivity contribution in [3.05, 3.63) is 23.2 Å². The Morgan fingerprint density at radius 3 is 2.30 bits per heavy atom. The lowest BCUT2D eigenvalue weighted by Gasteiger charge is -1.98. The molecule has 0 saturated heterocycles. The molecule has 1 rings (SSSR count). The van der Waals surface area contributed by atoms with Crippen LogP contribution in [0, 0.1) is 13.8 Å². The van der Waals surface area contributed by atoms with Gasteiger partial charge in [-0.25, -0.2) is 0 Å². The molecule has 0 saturated carbocycles. The highest BCUT2D eigenvalue weighted by molar-refractivity contribution is 6.20. The largest absolute Gasteiger partial charge is 0.469 e. The van der Waals surface area contributed by atoms with Gasteiger partial charge in [0.2, 0.25) is 0 Å². The van der Waals surface area contributed by atoms with Gasteiger partial charge in [0, 0.05) is 5.56 Å². The number of hydrogen-bond donors (Lipinski definition) is 0. The molecule has 0 spiro atoms. The molecule has 0 N–H and O–H groups in total. The van der Waals surface area contributed by atoms with E-state index in [1.165, 1.54) is 5.56 Å². The Balaban J connectivity index is 3.05. The molecule has 0 aliphatic heterocycles. The molecule has 1 aromatic heterocycles. The third kappa shape index (κ3) is 1.19. The number of alkyl halides is 1. The van der Waals surface area contributed by atoms with Crippen LogP contribution in [-0.2, 0) is 0 Å². The van der Waals surface area contributed by atoms with E-state index in [0.717, 1.165) is 11.3 Å². The summed E-state index contributed by atoms with van der Waals surface area (Å²) in [4.78, 5) is 0. The van der Waals surface area contributed by atoms with Crippen molar-refractivity contribution < 1.29 is 4.42 Å². The van der Waals surface area contributed by atoms with Gasteiger partial charge >= 0.3 is 0 Å². The molecule has 1 atom stereocenters. The van der Waals surface area contributed by atoms with E-state index in [1.54, 1.807) is 6.26 Å². The van der Waals surface area contributed by atoms with Crippen LogP contribution in [0.5, 0.6) is 0 Å². The highest BCUT2D eigenvalue weighted by Crippen LogP contribution is 2.25. The van der Waals surface area contributed by atoms with Gasteiger partial charge in [-0.2, -0.15) is 0 Å². The van der Waals surface area contributed by atoms with Gasteiger partial charge in [-0.15, -0.1) is 11.6 Å². The first kappa shape index (κ1) is 7.67. The Morgan fingerprint density at radius 1 is 1.50 bits per heavy atom. The van der Waals surface area contributed by atoms with Crippen LogP contribution in [0.2, 0.25) is 0 Å². The third-order valence-electron chi connectivity index (χ3n) is 1.75. The molecule has 0 aromatic carbocycles. The van der Waals surface area contributed by atoms with Gasteiger partial charge in [-0.1, -0.05) is 0 Å². The zero-order valence-corrected chi connectivity index (χ0v) is 7.20. The average molecular weight is 159 g/mol. The molecule has 1 nitrogen and oxygen atoms in total. The van der Waals surface area contributed by atoms with Crippen molar-refractivity contribution in [3.8, 4) is 0 Å². The number of aryl methyl sites for hydroxylation is 1. The van der Waals surface area contributed by atoms with Crippen molar-refractivity contribution in [2.75, 3.05) is 0 Å². The van der Waals surface area contributed by atoms with Crippen molar-refractivity contribution in [2.24, 2.45) is 0 Å². The quantitative estimate of drug-likeness (QED) is 0.572. The van der Waals surface area contributed by atoms with E-state index in [2.05, 4.69) is 0 Å². The maximum absolute atomic E-state index is 5.86. The van der Waals surface area contributed by atoms with E-state index in [9.17, 15) is 0 Å². The fraction of sp³-hybridized carbons (Fsp3) is 0.500. The second-order valence-electron chi connectivity index (χ2n) is 2.49. The molecule has 10 heavy (non-hydrogen) atoms. The maximum Gasteiger partial charge on any atom is 0.103 e. The fourth-order valence-corrected chi connectivity index (χ4v) is 1.14. The Kier molecular flexibility index (Phi) is 2.05. The van der Waals surface area contributed by atoms with Crippen LogP contribution in [0.4, 0.5) is 0 Å². The van der Waals surface area contributed by atoms with Gasteiger partial charge in [0.1, 0.15) is 5.76 Å². The molecule has 0 aliphatic carbocycles. The van der Waals surface area contributed by atoms with E-state index in [0.29, 0.717) is 0 Å². The number of furan rings is 1. The number of rotatable bonds is 1. The van der Waals surface area contributed by atoms with Gasteiger partial charge in [0.25, 0.3) is 0 Å². The first-order valence-corrected chi connectivity index (χ1v) is 3.75. The Hall–Kier alpha value is -0.430. The van der Waals surface area contributed by atoms with E-state index in [4.69, 9.17) is 16.0 Å². The Bertz CT molecular complexity index is 225. The van der Waals surface area contributed by atoms with Crippen LogP contribution in [-0.4, -0.2) is 0 Å². The zero-order chi connectivity index (χ0) is 7.72. The minimum absolute atomic E-state index is 0.0532. The molecular formula is C8H11ClO. The van der Waals surface area contributed by atoms with Gasteiger partial charge in [-0.3, -0.25) is 0 Å². The van der Waals surface area contributed by atoms with Crippen molar-refractivity contribution in [3.63, 3.8) is 0 Å². The van der Waals surface area contributed by atoms with E-state index < -0.39 is 0 Å². The molecule has 0 amide bonds. The monoisotopic (exact) mass is 158 g/mol. The SMILES string of the molecule is Cc1occ(C(C)Cl)c1C. The fourth-order valence-electron chi connectivity index (χ4n) is 0.924. The van der Waals surface area contributed by atoms with Gasteiger partial charge in [0.05, 0.1) is 11.6 Å². The molecule has 1 heterocycles. The summed E-state index contributed by atoms with van der Waals surface area (Å²) in [7, 11) is 0. The summed E-state index contributed by atoms with van der Waals surface area (Å²) in [6, 6.07) is 0. The minimum atomic E-state index is 0.0532. The number of halogens is 1. The summed E-state index contributed by atoms with van der Waals surface area (Å²) in [5, 5.41) is 0.0532. The predicted molar refractivity (Wildman–Crippen MR) is 42.5 cm³/mol. The smallest absolute Gasteiger partial charge is 0.103 e. The van der Waals surface area contributed by atoms with E-state index in [1.807, 2.05) is 20.8 Å². The van der Waals surface area contributed by atoms with Crippen LogP contribution in [0.3, 0.4) is 0 Å². The molecule has 1 aromatic rings. The molecule has 0 bridgehead atoms. The molecular weight excluding hydrogens is 148 g/mol. The van der Waals surface area contributed by atoms with Crippen molar-refractivity contribution >= 4 is 11.6 Å². The summed E-state index contributed by atoms with van der Waals surface area (Å²) < 4.78 is 5.17. The minimum Gasteiger partial charge on any atom is -0.469 e. The molecule has 0 radical (unpaired) electrons. The molecule has 2 heteroatoms. The molecule has 0 fully saturated rings. The third-order valence-corrected chi connectivity index (χ3v) is 1.99. The van der Waals surface area contributed by atoms with Crippen LogP contribution < -0.4 is 0 Å². The standard InChI is InChI=1S/C8H11ClO/c1-5-7(3)10-4-8(5)6(2)9/h4,6H,1-3H3. The van der Waals surface area contributed by atoms with E-state index >= 15 is 0 Å². The molecule has 56 valence electrons. The summed E-state index contributed by atoms with van der Waals surface area (Å²) in [6.45, 7) is 5.91. The first-order chi connectivity index (χ1) is 4.63. The van der Waals surface area contributed by atoms with Crippen molar-refractivity contribution in [1.82, 2.24) is 0 Å². The second kappa shape index (κ2) is 2.67. The highest BCUT2D eigenvalue weighted by Gasteiger charge is 2.09. The van der Waals surface area contributed by atoms with Gasteiger partial charge in [0.15, 0.2) is 0 Å². The van der Waals surface area contributed by atoms with Gasteiger partial charge < -0.3 is 4.42 Å². The van der Waals surface area contributed by atoms with Crippen LogP contribution in [0.25, 0.3) is 0 Å². The summed E-state index contributed by atoms with van der Waals surface area (Å²) >= 11 is 5.86. The lowest BCUT2D eigenvalue weighted by molar-refractivity contribution is 0.529. The highest BCUT2D eigenvalue weighted by atomic mass is 35.5. The van der Waals surface area contributed by atoms with Gasteiger partial charge in [-0.05, 0) is 26.3 Å². The lowest BCUT2D eigenvalue weighted by Crippen LogP contribution is -1.83. The summed E-state index contributed by atoms with van der Waals surface area (Å²) in [5.41, 5.74) is 2.27. The second-order valence-corrected chi connectivity index (χ2v) is 3.14. The topological polar surface area (TPSA) is 13.1 Å². The average Bonchev–Trinajstić information content (AvgIpc) is 2.14. The molecule has 0 aliphatic rings. The van der Waals surface area contributed by atoms with Crippen molar-refractivity contribution in [1.29, 1.82) is 0 Å². The van der Waals surface area contributed by atoms with Crippen LogP contribution in [0.15, 0.2) is 10.7 Å². The van der Waals surface area contributed by atoms with Crippen LogP contribution >= 0.6 is 11.6 Å². The van der Waals surface area contributed by atoms with Crippen LogP contribution in [0.1, 0.15) is 29.2 Å². The van der Waals surface area contributed by atoms with E-state index in [-0.39, 0.29) is 5.38 Å². The van der Waals surface area contributed by atoms with Crippen molar-refractivity contribution in [2.45, 2.75) is 26.1 Å². The normalized spacial score (nSPS) is 13.6. The first-order valence-electron chi connectivity index (χ1n) is 3.31. The maximum atomic E-state index is 5.86. The Morgan fingerprint density at radius 2 is 2.10 bits per heavy atom. The summed E-state index contributed by atoms with van der Waals surface area (Å²) in [6.07, 6.45) is 1.72. The zero-order valence-electron chi connectivity index (χ0n) is 6.44. The number of hydrogen-bond acceptors (Lipinski definition) is 1. The predicted octanol–water partition coefficient (Wildman–Crippen LogP) is 3.20. The molecule has 1 unspecified atom stereocenters. The summed E-state index contributed by atoms with van der Waals surface area (Å²) in [5.74, 6) is 0.961. The lowest BCUT2D eigenvalue weighted by atomic mass is 10.1. The Labute approximate surface area is 66.0 Å².